The highest BCUT2D eigenvalue weighted by atomic mass is 35.5. The molecular weight excluding hydrogens is 392 g/mol. The van der Waals surface area contributed by atoms with E-state index in [1.54, 1.807) is 24.3 Å². The zero-order valence-corrected chi connectivity index (χ0v) is 15.6. The fourth-order valence-corrected chi connectivity index (χ4v) is 2.28. The molecule has 0 fully saturated rings. The fourth-order valence-electron chi connectivity index (χ4n) is 2.12. The summed E-state index contributed by atoms with van der Waals surface area (Å²) in [6, 6.07) is 10.6. The first-order valence-electron chi connectivity index (χ1n) is 8.14. The molecule has 0 saturated carbocycles. The molecular formula is C18H17ClN2O7. The Bertz CT molecular complexity index is 873. The van der Waals surface area contributed by atoms with Gasteiger partial charge in [0.15, 0.2) is 24.7 Å². The lowest BCUT2D eigenvalue weighted by molar-refractivity contribution is -0.383. The van der Waals surface area contributed by atoms with Gasteiger partial charge in [-0.25, -0.2) is 4.79 Å². The Morgan fingerprint density at radius 1 is 1.11 bits per heavy atom. The van der Waals surface area contributed by atoms with Crippen molar-refractivity contribution in [3.05, 3.63) is 57.6 Å². The van der Waals surface area contributed by atoms with E-state index < -0.39 is 30.0 Å². The Kier molecular flexibility index (Phi) is 7.58. The van der Waals surface area contributed by atoms with Crippen LogP contribution in [-0.4, -0.2) is 36.6 Å². The third-order valence-corrected chi connectivity index (χ3v) is 3.52. The number of hydrogen-bond donors (Lipinski definition) is 1. The van der Waals surface area contributed by atoms with E-state index in [-0.39, 0.29) is 16.4 Å². The fraction of sp³-hybridized carbons (Fsp3) is 0.222. The van der Waals surface area contributed by atoms with Crippen molar-refractivity contribution in [1.29, 1.82) is 0 Å². The molecule has 0 aliphatic heterocycles. The number of nitro groups is 1. The predicted molar refractivity (Wildman–Crippen MR) is 101 cm³/mol. The number of anilines is 1. The zero-order chi connectivity index (χ0) is 20.5. The molecule has 0 saturated heterocycles. The molecule has 10 heteroatoms. The number of carbonyl (C=O) groups is 2. The maximum absolute atomic E-state index is 11.9. The van der Waals surface area contributed by atoms with E-state index in [1.807, 2.05) is 6.92 Å². The van der Waals surface area contributed by atoms with Crippen molar-refractivity contribution >= 4 is 34.9 Å². The molecule has 0 spiro atoms. The number of nitrogens with one attached hydrogen (secondary N) is 1. The molecule has 28 heavy (non-hydrogen) atoms. The zero-order valence-electron chi connectivity index (χ0n) is 14.8. The van der Waals surface area contributed by atoms with Crippen molar-refractivity contribution in [2.24, 2.45) is 0 Å². The number of hydrogen-bond acceptors (Lipinski definition) is 7. The van der Waals surface area contributed by atoms with Gasteiger partial charge >= 0.3 is 5.97 Å². The van der Waals surface area contributed by atoms with Crippen LogP contribution in [0.15, 0.2) is 42.5 Å². The van der Waals surface area contributed by atoms with Crippen molar-refractivity contribution in [2.75, 3.05) is 25.1 Å². The molecule has 0 unspecified atom stereocenters. The topological polar surface area (TPSA) is 117 Å². The molecule has 1 N–H and O–H groups in total. The predicted octanol–water partition coefficient (Wildman–Crippen LogP) is 3.21. The summed E-state index contributed by atoms with van der Waals surface area (Å²) in [5.41, 5.74) is -0.430. The Balaban J connectivity index is 1.85. The second-order valence-electron chi connectivity index (χ2n) is 5.30. The summed E-state index contributed by atoms with van der Waals surface area (Å²) in [4.78, 5) is 34.0. The van der Waals surface area contributed by atoms with E-state index in [0.29, 0.717) is 18.1 Å². The third-order valence-electron chi connectivity index (χ3n) is 3.29. The van der Waals surface area contributed by atoms with Crippen LogP contribution in [0.4, 0.5) is 11.4 Å². The van der Waals surface area contributed by atoms with Crippen LogP contribution < -0.4 is 14.8 Å². The number of ether oxygens (including phenoxy) is 3. The van der Waals surface area contributed by atoms with Crippen LogP contribution in [0.1, 0.15) is 6.92 Å². The average molecular weight is 409 g/mol. The normalized spacial score (nSPS) is 10.1. The SMILES string of the molecule is CCOc1ccccc1OCC(=O)OCC(=O)Nc1ccc(Cl)cc1[N+](=O)[O-]. The number of para-hydroxylation sites is 2. The monoisotopic (exact) mass is 408 g/mol. The van der Waals surface area contributed by atoms with E-state index in [2.05, 4.69) is 5.32 Å². The number of benzene rings is 2. The molecule has 0 atom stereocenters. The van der Waals surface area contributed by atoms with E-state index in [1.165, 1.54) is 12.1 Å². The van der Waals surface area contributed by atoms with Gasteiger partial charge in [-0.1, -0.05) is 23.7 Å². The van der Waals surface area contributed by atoms with Crippen LogP contribution in [0.25, 0.3) is 0 Å². The lowest BCUT2D eigenvalue weighted by Crippen LogP contribution is -2.24. The first-order chi connectivity index (χ1) is 13.4. The summed E-state index contributed by atoms with van der Waals surface area (Å²) < 4.78 is 15.5. The number of esters is 1. The molecule has 2 aromatic rings. The maximum atomic E-state index is 11.9. The van der Waals surface area contributed by atoms with Gasteiger partial charge in [-0.3, -0.25) is 14.9 Å². The smallest absolute Gasteiger partial charge is 0.344 e. The summed E-state index contributed by atoms with van der Waals surface area (Å²) >= 11 is 5.71. The number of nitrogens with zero attached hydrogens (tertiary/aromatic N) is 1. The number of nitro benzene ring substituents is 1. The molecule has 0 aromatic heterocycles. The standard InChI is InChI=1S/C18H17ClN2O7/c1-2-26-15-5-3-4-6-16(15)27-11-18(23)28-10-17(22)20-13-8-7-12(19)9-14(13)21(24)25/h3-9H,2,10-11H2,1H3,(H,20,22). The van der Waals surface area contributed by atoms with Gasteiger partial charge in [0.2, 0.25) is 0 Å². The third kappa shape index (κ3) is 6.13. The average Bonchev–Trinajstić information content (AvgIpc) is 2.67. The molecule has 0 aliphatic rings. The van der Waals surface area contributed by atoms with Gasteiger partial charge in [-0.2, -0.15) is 0 Å². The van der Waals surface area contributed by atoms with Gasteiger partial charge in [-0.05, 0) is 31.2 Å². The first kappa shape index (κ1) is 21.0. The molecule has 0 radical (unpaired) electrons. The summed E-state index contributed by atoms with van der Waals surface area (Å²) in [7, 11) is 0. The summed E-state index contributed by atoms with van der Waals surface area (Å²) in [5.74, 6) is -0.686. The Hall–Kier alpha value is -3.33. The minimum atomic E-state index is -0.785. The second-order valence-corrected chi connectivity index (χ2v) is 5.73. The molecule has 2 rings (SSSR count). The number of halogens is 1. The van der Waals surface area contributed by atoms with Crippen LogP contribution in [-0.2, 0) is 14.3 Å². The van der Waals surface area contributed by atoms with Crippen LogP contribution >= 0.6 is 11.6 Å². The maximum Gasteiger partial charge on any atom is 0.344 e. The molecule has 0 heterocycles. The Morgan fingerprint density at radius 3 is 2.43 bits per heavy atom. The minimum absolute atomic E-state index is 0.0580. The largest absolute Gasteiger partial charge is 0.490 e. The molecule has 2 aromatic carbocycles. The van der Waals surface area contributed by atoms with Crippen molar-refractivity contribution in [2.45, 2.75) is 6.92 Å². The van der Waals surface area contributed by atoms with Crippen molar-refractivity contribution < 1.29 is 28.7 Å². The highest BCUT2D eigenvalue weighted by molar-refractivity contribution is 6.31. The number of amides is 1. The van der Waals surface area contributed by atoms with Gasteiger partial charge in [0, 0.05) is 11.1 Å². The molecule has 1 amide bonds. The summed E-state index contributed by atoms with van der Waals surface area (Å²) in [5, 5.41) is 13.4. The highest BCUT2D eigenvalue weighted by Crippen LogP contribution is 2.28. The lowest BCUT2D eigenvalue weighted by atomic mass is 10.2. The minimum Gasteiger partial charge on any atom is -0.490 e. The van der Waals surface area contributed by atoms with Gasteiger partial charge in [0.1, 0.15) is 5.69 Å². The Labute approximate surface area is 165 Å². The van der Waals surface area contributed by atoms with Gasteiger partial charge in [-0.15, -0.1) is 0 Å². The van der Waals surface area contributed by atoms with E-state index in [9.17, 15) is 19.7 Å². The summed E-state index contributed by atoms with van der Waals surface area (Å²) in [6.07, 6.45) is 0. The first-order valence-corrected chi connectivity index (χ1v) is 8.52. The number of rotatable bonds is 9. The Morgan fingerprint density at radius 2 is 1.79 bits per heavy atom. The van der Waals surface area contributed by atoms with Gasteiger partial charge in [0.25, 0.3) is 11.6 Å². The van der Waals surface area contributed by atoms with Gasteiger partial charge < -0.3 is 19.5 Å². The van der Waals surface area contributed by atoms with Crippen LogP contribution in [0, 0.1) is 10.1 Å². The highest BCUT2D eigenvalue weighted by Gasteiger charge is 2.17. The summed E-state index contributed by atoms with van der Waals surface area (Å²) in [6.45, 7) is 1.18. The van der Waals surface area contributed by atoms with Gasteiger partial charge in [0.05, 0.1) is 11.5 Å². The molecule has 0 bridgehead atoms. The van der Waals surface area contributed by atoms with Crippen LogP contribution in [0.2, 0.25) is 5.02 Å². The van der Waals surface area contributed by atoms with E-state index in [0.717, 1.165) is 6.07 Å². The molecule has 0 aliphatic carbocycles. The van der Waals surface area contributed by atoms with Crippen LogP contribution in [0.5, 0.6) is 11.5 Å². The van der Waals surface area contributed by atoms with Crippen molar-refractivity contribution in [3.63, 3.8) is 0 Å². The quantitative estimate of drug-likeness (QED) is 0.384. The van der Waals surface area contributed by atoms with Crippen molar-refractivity contribution in [1.82, 2.24) is 0 Å². The molecule has 9 nitrogen and oxygen atoms in total. The number of carbonyl (C=O) groups excluding carboxylic acids is 2. The lowest BCUT2D eigenvalue weighted by Gasteiger charge is -2.11. The molecule has 148 valence electrons. The van der Waals surface area contributed by atoms with E-state index in [4.69, 9.17) is 25.8 Å². The van der Waals surface area contributed by atoms with Crippen molar-refractivity contribution in [3.8, 4) is 11.5 Å². The van der Waals surface area contributed by atoms with E-state index >= 15 is 0 Å². The second kappa shape index (κ2) is 10.1. The van der Waals surface area contributed by atoms with Crippen LogP contribution in [0.3, 0.4) is 0 Å².